The number of benzene rings is 1. The Bertz CT molecular complexity index is 957. The second kappa shape index (κ2) is 7.47. The molecule has 1 aliphatic heterocycles. The number of nitrogens with zero attached hydrogens (tertiary/aromatic N) is 1. The molecule has 1 aliphatic carbocycles. The van der Waals surface area contributed by atoms with Crippen molar-refractivity contribution in [3.8, 4) is 11.5 Å². The lowest BCUT2D eigenvalue weighted by molar-refractivity contribution is -0.126. The Morgan fingerprint density at radius 1 is 1.25 bits per heavy atom. The first-order valence-corrected chi connectivity index (χ1v) is 9.59. The number of carbonyl (C=O) groups excluding carboxylic acids is 3. The molecule has 4 rings (SSSR count). The number of primary amides is 1. The number of anilines is 1. The normalized spacial score (nSPS) is 16.9. The van der Waals surface area contributed by atoms with E-state index in [-0.39, 0.29) is 25.2 Å². The van der Waals surface area contributed by atoms with E-state index in [0.29, 0.717) is 34.3 Å². The summed E-state index contributed by atoms with van der Waals surface area (Å²) in [6, 6.07) is 4.95. The molecule has 0 bridgehead atoms. The van der Waals surface area contributed by atoms with E-state index in [1.165, 1.54) is 11.3 Å². The number of amides is 3. The van der Waals surface area contributed by atoms with Crippen molar-refractivity contribution in [1.82, 2.24) is 10.3 Å². The molecule has 1 atom stereocenters. The molecule has 0 spiro atoms. The third-order valence-electron chi connectivity index (χ3n) is 4.56. The highest BCUT2D eigenvalue weighted by Crippen LogP contribution is 2.37. The first kappa shape index (κ1) is 18.2. The fourth-order valence-corrected chi connectivity index (χ4v) is 4.29. The van der Waals surface area contributed by atoms with Crippen molar-refractivity contribution in [2.75, 3.05) is 18.7 Å². The van der Waals surface area contributed by atoms with Crippen LogP contribution in [0.4, 0.5) is 5.13 Å². The van der Waals surface area contributed by atoms with Crippen LogP contribution in [0.2, 0.25) is 0 Å². The molecule has 2 aromatic rings. The molecular formula is C18H18N4O5S. The average Bonchev–Trinajstić information content (AvgIpc) is 3.30. The predicted molar refractivity (Wildman–Crippen MR) is 101 cm³/mol. The number of nitrogens with one attached hydrogen (secondary N) is 2. The molecule has 28 heavy (non-hydrogen) atoms. The Morgan fingerprint density at radius 2 is 2.07 bits per heavy atom. The Labute approximate surface area is 164 Å². The maximum atomic E-state index is 12.5. The number of nitrogens with two attached hydrogens (primary N) is 1. The van der Waals surface area contributed by atoms with Crippen LogP contribution in [-0.2, 0) is 16.0 Å². The lowest BCUT2D eigenvalue weighted by atomic mass is 9.90. The van der Waals surface area contributed by atoms with Crippen molar-refractivity contribution < 1.29 is 23.9 Å². The van der Waals surface area contributed by atoms with Gasteiger partial charge in [0, 0.05) is 10.4 Å². The molecule has 9 nitrogen and oxygen atoms in total. The summed E-state index contributed by atoms with van der Waals surface area (Å²) in [5.74, 6) is -0.518. The number of aryl methyl sites for hydroxylation is 1. The molecule has 0 fully saturated rings. The van der Waals surface area contributed by atoms with Crippen molar-refractivity contribution in [3.63, 3.8) is 0 Å². The molecule has 1 unspecified atom stereocenters. The van der Waals surface area contributed by atoms with E-state index >= 15 is 0 Å². The first-order chi connectivity index (χ1) is 13.5. The minimum atomic E-state index is -0.598. The van der Waals surface area contributed by atoms with Crippen LogP contribution in [0, 0.1) is 0 Å². The van der Waals surface area contributed by atoms with E-state index < -0.39 is 11.8 Å². The molecule has 0 radical (unpaired) electrons. The Kier molecular flexibility index (Phi) is 4.86. The van der Waals surface area contributed by atoms with Crippen molar-refractivity contribution >= 4 is 34.2 Å². The third kappa shape index (κ3) is 3.63. The zero-order valence-corrected chi connectivity index (χ0v) is 15.6. The van der Waals surface area contributed by atoms with Crippen molar-refractivity contribution in [3.05, 3.63) is 34.3 Å². The van der Waals surface area contributed by atoms with E-state index in [1.807, 2.05) is 0 Å². The Hall–Kier alpha value is -3.14. The highest BCUT2D eigenvalue weighted by atomic mass is 32.1. The first-order valence-electron chi connectivity index (χ1n) is 8.78. The van der Waals surface area contributed by atoms with Gasteiger partial charge in [-0.15, -0.1) is 11.3 Å². The summed E-state index contributed by atoms with van der Waals surface area (Å²) in [5.41, 5.74) is 6.16. The highest BCUT2D eigenvalue weighted by Gasteiger charge is 2.30. The summed E-state index contributed by atoms with van der Waals surface area (Å²) in [6.07, 6.45) is 2.27. The van der Waals surface area contributed by atoms with Gasteiger partial charge < -0.3 is 20.5 Å². The second-order valence-corrected chi connectivity index (χ2v) is 7.56. The SMILES string of the molecule is NC(=O)CNC(=O)C1CCCc2sc(NC(=O)c3ccc4c(c3)OCO4)nc21. The fourth-order valence-electron chi connectivity index (χ4n) is 3.23. The van der Waals surface area contributed by atoms with Crippen molar-refractivity contribution in [2.45, 2.75) is 25.2 Å². The fraction of sp³-hybridized carbons (Fsp3) is 0.333. The minimum absolute atomic E-state index is 0.138. The summed E-state index contributed by atoms with van der Waals surface area (Å²) in [7, 11) is 0. The molecule has 3 amide bonds. The molecule has 10 heteroatoms. The van der Waals surface area contributed by atoms with Crippen LogP contribution in [0.15, 0.2) is 18.2 Å². The zero-order chi connectivity index (χ0) is 19.7. The number of ether oxygens (including phenoxy) is 2. The van der Waals surface area contributed by atoms with E-state index in [0.717, 1.165) is 17.7 Å². The summed E-state index contributed by atoms with van der Waals surface area (Å²) in [4.78, 5) is 41.2. The van der Waals surface area contributed by atoms with Gasteiger partial charge in [-0.2, -0.15) is 0 Å². The van der Waals surface area contributed by atoms with E-state index in [1.54, 1.807) is 18.2 Å². The summed E-state index contributed by atoms with van der Waals surface area (Å²) in [6.45, 7) is -0.0681. The molecule has 146 valence electrons. The number of aromatic nitrogens is 1. The van der Waals surface area contributed by atoms with Crippen LogP contribution >= 0.6 is 11.3 Å². The lowest BCUT2D eigenvalue weighted by Crippen LogP contribution is -2.37. The number of thiazole rings is 1. The van der Waals surface area contributed by atoms with Gasteiger partial charge in [0.25, 0.3) is 5.91 Å². The quantitative estimate of drug-likeness (QED) is 0.687. The van der Waals surface area contributed by atoms with E-state index in [2.05, 4.69) is 15.6 Å². The van der Waals surface area contributed by atoms with Crippen LogP contribution in [0.1, 0.15) is 39.7 Å². The maximum absolute atomic E-state index is 12.5. The van der Waals surface area contributed by atoms with Gasteiger partial charge in [0.1, 0.15) is 0 Å². The number of fused-ring (bicyclic) bond motifs is 2. The van der Waals surface area contributed by atoms with Gasteiger partial charge in [-0.25, -0.2) is 4.98 Å². The molecule has 2 aliphatic rings. The zero-order valence-electron chi connectivity index (χ0n) is 14.8. The minimum Gasteiger partial charge on any atom is -0.454 e. The van der Waals surface area contributed by atoms with Gasteiger partial charge >= 0.3 is 0 Å². The smallest absolute Gasteiger partial charge is 0.257 e. The number of hydrogen-bond acceptors (Lipinski definition) is 7. The van der Waals surface area contributed by atoms with Gasteiger partial charge in [0.2, 0.25) is 18.6 Å². The second-order valence-electron chi connectivity index (χ2n) is 6.48. The van der Waals surface area contributed by atoms with Crippen molar-refractivity contribution in [1.29, 1.82) is 0 Å². The van der Waals surface area contributed by atoms with Crippen LogP contribution in [0.25, 0.3) is 0 Å². The monoisotopic (exact) mass is 402 g/mol. The van der Waals surface area contributed by atoms with E-state index in [4.69, 9.17) is 15.2 Å². The molecule has 1 aromatic heterocycles. The highest BCUT2D eigenvalue weighted by molar-refractivity contribution is 7.16. The van der Waals surface area contributed by atoms with Crippen LogP contribution in [-0.4, -0.2) is 36.0 Å². The van der Waals surface area contributed by atoms with Crippen LogP contribution in [0.5, 0.6) is 11.5 Å². The molecule has 0 saturated heterocycles. The van der Waals surface area contributed by atoms with Gasteiger partial charge in [-0.05, 0) is 37.5 Å². The molecular weight excluding hydrogens is 384 g/mol. The largest absolute Gasteiger partial charge is 0.454 e. The van der Waals surface area contributed by atoms with Gasteiger partial charge in [0.15, 0.2) is 16.6 Å². The van der Waals surface area contributed by atoms with Gasteiger partial charge in [-0.1, -0.05) is 0 Å². The van der Waals surface area contributed by atoms with E-state index in [9.17, 15) is 14.4 Å². The number of rotatable bonds is 5. The standard InChI is InChI=1S/C18H18N4O5S/c19-14(23)7-20-17(25)10-2-1-3-13-15(10)21-18(28-13)22-16(24)9-4-5-11-12(6-9)27-8-26-11/h4-6,10H,1-3,7-8H2,(H2,19,23)(H,20,25)(H,21,22,24). The van der Waals surface area contributed by atoms with Crippen molar-refractivity contribution in [2.24, 2.45) is 5.73 Å². The van der Waals surface area contributed by atoms with Crippen LogP contribution in [0.3, 0.4) is 0 Å². The summed E-state index contributed by atoms with van der Waals surface area (Å²) in [5, 5.41) is 5.75. The molecule has 1 aromatic carbocycles. The van der Waals surface area contributed by atoms with Crippen LogP contribution < -0.4 is 25.8 Å². The Balaban J connectivity index is 1.49. The maximum Gasteiger partial charge on any atom is 0.257 e. The summed E-state index contributed by atoms with van der Waals surface area (Å²) < 4.78 is 10.5. The average molecular weight is 402 g/mol. The van der Waals surface area contributed by atoms with Gasteiger partial charge in [-0.3, -0.25) is 19.7 Å². The molecule has 4 N–H and O–H groups in total. The molecule has 0 saturated carbocycles. The predicted octanol–water partition coefficient (Wildman–Crippen LogP) is 1.15. The topological polar surface area (TPSA) is 133 Å². The number of hydrogen-bond donors (Lipinski definition) is 3. The number of carbonyl (C=O) groups is 3. The third-order valence-corrected chi connectivity index (χ3v) is 5.61. The Morgan fingerprint density at radius 3 is 2.89 bits per heavy atom. The lowest BCUT2D eigenvalue weighted by Gasteiger charge is -2.19. The molecule has 2 heterocycles. The van der Waals surface area contributed by atoms with Gasteiger partial charge in [0.05, 0.1) is 18.2 Å². The summed E-state index contributed by atoms with van der Waals surface area (Å²) >= 11 is 1.36.